The van der Waals surface area contributed by atoms with Crippen molar-refractivity contribution in [2.24, 2.45) is 5.73 Å². The molecule has 1 aromatic carbocycles. The van der Waals surface area contributed by atoms with E-state index in [1.807, 2.05) is 26.0 Å². The summed E-state index contributed by atoms with van der Waals surface area (Å²) < 4.78 is 1.54. The molecule has 0 saturated heterocycles. The van der Waals surface area contributed by atoms with E-state index in [1.54, 1.807) is 0 Å². The van der Waals surface area contributed by atoms with Gasteiger partial charge in [0.1, 0.15) is 0 Å². The van der Waals surface area contributed by atoms with Crippen LogP contribution in [0.25, 0.3) is 0 Å². The maximum absolute atomic E-state index is 11.0. The number of hydrogen-bond acceptors (Lipinski definition) is 4. The van der Waals surface area contributed by atoms with E-state index >= 15 is 0 Å². The highest BCUT2D eigenvalue weighted by Gasteiger charge is 2.17. The summed E-state index contributed by atoms with van der Waals surface area (Å²) >= 11 is 0. The highest BCUT2D eigenvalue weighted by molar-refractivity contribution is 5.86. The van der Waals surface area contributed by atoms with Crippen LogP contribution in [0.4, 0.5) is 0 Å². The average molecular weight is 260 g/mol. The zero-order valence-electron chi connectivity index (χ0n) is 10.9. The molecule has 1 aromatic heterocycles. The molecule has 0 aliphatic heterocycles. The summed E-state index contributed by atoms with van der Waals surface area (Å²) in [5.41, 5.74) is 9.30. The van der Waals surface area contributed by atoms with Gasteiger partial charge in [0.05, 0.1) is 12.2 Å². The maximum atomic E-state index is 11.0. The molecule has 100 valence electrons. The van der Waals surface area contributed by atoms with Crippen molar-refractivity contribution in [2.75, 3.05) is 0 Å². The van der Waals surface area contributed by atoms with Crippen molar-refractivity contribution >= 4 is 5.97 Å². The van der Waals surface area contributed by atoms with Gasteiger partial charge >= 0.3 is 5.97 Å². The molecule has 0 atom stereocenters. The van der Waals surface area contributed by atoms with E-state index in [4.69, 9.17) is 10.8 Å². The Labute approximate surface area is 110 Å². The van der Waals surface area contributed by atoms with Crippen molar-refractivity contribution in [3.8, 4) is 0 Å². The van der Waals surface area contributed by atoms with E-state index in [-0.39, 0.29) is 12.2 Å². The summed E-state index contributed by atoms with van der Waals surface area (Å²) in [4.78, 5) is 11.0. The quantitative estimate of drug-likeness (QED) is 0.858. The minimum Gasteiger partial charge on any atom is -0.476 e. The molecule has 6 heteroatoms. The zero-order valence-corrected chi connectivity index (χ0v) is 10.9. The largest absolute Gasteiger partial charge is 0.476 e. The lowest BCUT2D eigenvalue weighted by Gasteiger charge is -2.07. The third-order valence-corrected chi connectivity index (χ3v) is 2.85. The SMILES string of the molecule is Cc1cc(C)cc(Cn2nnc(C(=O)O)c2CN)c1. The lowest BCUT2D eigenvalue weighted by atomic mass is 10.1. The third kappa shape index (κ3) is 2.79. The normalized spacial score (nSPS) is 10.7. The second-order valence-corrected chi connectivity index (χ2v) is 4.55. The fourth-order valence-corrected chi connectivity index (χ4v) is 2.16. The van der Waals surface area contributed by atoms with E-state index in [1.165, 1.54) is 4.68 Å². The number of benzene rings is 1. The molecule has 0 radical (unpaired) electrons. The molecular formula is C13H16N4O2. The van der Waals surface area contributed by atoms with Crippen LogP contribution >= 0.6 is 0 Å². The second kappa shape index (κ2) is 5.19. The number of carboxylic acids is 1. The topological polar surface area (TPSA) is 94.0 Å². The van der Waals surface area contributed by atoms with E-state index in [0.29, 0.717) is 12.2 Å². The summed E-state index contributed by atoms with van der Waals surface area (Å²) in [6, 6.07) is 6.15. The summed E-state index contributed by atoms with van der Waals surface area (Å²) in [6.07, 6.45) is 0. The molecule has 19 heavy (non-hydrogen) atoms. The number of aryl methyl sites for hydroxylation is 2. The predicted octanol–water partition coefficient (Wildman–Crippen LogP) is 1.10. The summed E-state index contributed by atoms with van der Waals surface area (Å²) in [5, 5.41) is 16.5. The predicted molar refractivity (Wildman–Crippen MR) is 69.9 cm³/mol. The van der Waals surface area contributed by atoms with Crippen LogP contribution in [-0.4, -0.2) is 26.1 Å². The fourth-order valence-electron chi connectivity index (χ4n) is 2.16. The molecule has 0 aliphatic rings. The Morgan fingerprint density at radius 2 is 1.95 bits per heavy atom. The van der Waals surface area contributed by atoms with Crippen LogP contribution in [-0.2, 0) is 13.1 Å². The van der Waals surface area contributed by atoms with Gasteiger partial charge in [0, 0.05) is 6.54 Å². The van der Waals surface area contributed by atoms with Gasteiger partial charge in [-0.15, -0.1) is 5.10 Å². The molecule has 3 N–H and O–H groups in total. The van der Waals surface area contributed by atoms with Crippen molar-refractivity contribution in [3.63, 3.8) is 0 Å². The number of aromatic nitrogens is 3. The Balaban J connectivity index is 2.35. The van der Waals surface area contributed by atoms with Crippen molar-refractivity contribution < 1.29 is 9.90 Å². The summed E-state index contributed by atoms with van der Waals surface area (Å²) in [7, 11) is 0. The van der Waals surface area contributed by atoms with Gasteiger partial charge in [0.25, 0.3) is 0 Å². The highest BCUT2D eigenvalue weighted by atomic mass is 16.4. The highest BCUT2D eigenvalue weighted by Crippen LogP contribution is 2.12. The first kappa shape index (κ1) is 13.2. The van der Waals surface area contributed by atoms with E-state index in [2.05, 4.69) is 16.4 Å². The molecule has 0 unspecified atom stereocenters. The van der Waals surface area contributed by atoms with Crippen molar-refractivity contribution in [1.29, 1.82) is 0 Å². The van der Waals surface area contributed by atoms with Gasteiger partial charge in [-0.1, -0.05) is 34.5 Å². The number of carbonyl (C=O) groups is 1. The van der Waals surface area contributed by atoms with Crippen molar-refractivity contribution in [3.05, 3.63) is 46.3 Å². The standard InChI is InChI=1S/C13H16N4O2/c1-8-3-9(2)5-10(4-8)7-17-11(6-14)12(13(18)19)15-16-17/h3-5H,6-7,14H2,1-2H3,(H,18,19). The molecule has 0 bridgehead atoms. The van der Waals surface area contributed by atoms with Crippen LogP contribution in [0.2, 0.25) is 0 Å². The summed E-state index contributed by atoms with van der Waals surface area (Å²) in [6.45, 7) is 4.60. The van der Waals surface area contributed by atoms with Crippen LogP contribution in [0.3, 0.4) is 0 Å². The molecular weight excluding hydrogens is 244 g/mol. The van der Waals surface area contributed by atoms with E-state index < -0.39 is 5.97 Å². The molecule has 2 aromatic rings. The van der Waals surface area contributed by atoms with Gasteiger partial charge in [0.15, 0.2) is 5.69 Å². The number of rotatable bonds is 4. The molecule has 0 fully saturated rings. The summed E-state index contributed by atoms with van der Waals surface area (Å²) in [5.74, 6) is -1.10. The third-order valence-electron chi connectivity index (χ3n) is 2.85. The van der Waals surface area contributed by atoms with E-state index in [9.17, 15) is 4.79 Å². The number of carboxylic acid groups (broad SMARTS) is 1. The van der Waals surface area contributed by atoms with Gasteiger partial charge in [0.2, 0.25) is 0 Å². The van der Waals surface area contributed by atoms with Gasteiger partial charge in [-0.05, 0) is 19.4 Å². The molecule has 0 aliphatic carbocycles. The number of nitrogens with zero attached hydrogens (tertiary/aromatic N) is 3. The Morgan fingerprint density at radius 1 is 1.32 bits per heavy atom. The molecule has 1 heterocycles. The lowest BCUT2D eigenvalue weighted by molar-refractivity contribution is 0.0689. The smallest absolute Gasteiger partial charge is 0.358 e. The lowest BCUT2D eigenvalue weighted by Crippen LogP contribution is -2.13. The Kier molecular flexibility index (Phi) is 3.62. The zero-order chi connectivity index (χ0) is 14.0. The molecule has 0 spiro atoms. The van der Waals surface area contributed by atoms with Crippen LogP contribution in [0, 0.1) is 13.8 Å². The van der Waals surface area contributed by atoms with Crippen LogP contribution in [0.5, 0.6) is 0 Å². The fraction of sp³-hybridized carbons (Fsp3) is 0.308. The van der Waals surface area contributed by atoms with Crippen molar-refractivity contribution in [1.82, 2.24) is 15.0 Å². The van der Waals surface area contributed by atoms with Gasteiger partial charge < -0.3 is 10.8 Å². The first-order chi connectivity index (χ1) is 9.01. The number of nitrogens with two attached hydrogens (primary N) is 1. The van der Waals surface area contributed by atoms with Crippen LogP contribution in [0.15, 0.2) is 18.2 Å². The van der Waals surface area contributed by atoms with Gasteiger partial charge in [-0.25, -0.2) is 9.48 Å². The van der Waals surface area contributed by atoms with Crippen LogP contribution < -0.4 is 5.73 Å². The Hall–Kier alpha value is -2.21. The Morgan fingerprint density at radius 3 is 2.47 bits per heavy atom. The average Bonchev–Trinajstić information content (AvgIpc) is 2.70. The first-order valence-electron chi connectivity index (χ1n) is 5.94. The molecule has 0 amide bonds. The maximum Gasteiger partial charge on any atom is 0.358 e. The number of aromatic carboxylic acids is 1. The van der Waals surface area contributed by atoms with Gasteiger partial charge in [-0.2, -0.15) is 0 Å². The van der Waals surface area contributed by atoms with Gasteiger partial charge in [-0.3, -0.25) is 0 Å². The van der Waals surface area contributed by atoms with Crippen LogP contribution in [0.1, 0.15) is 32.9 Å². The minimum absolute atomic E-state index is 0.0770. The molecule has 2 rings (SSSR count). The molecule has 0 saturated carbocycles. The Bertz CT molecular complexity index is 599. The minimum atomic E-state index is -1.10. The number of hydrogen-bond donors (Lipinski definition) is 2. The second-order valence-electron chi connectivity index (χ2n) is 4.55. The first-order valence-corrected chi connectivity index (χ1v) is 5.94. The monoisotopic (exact) mass is 260 g/mol. The van der Waals surface area contributed by atoms with E-state index in [0.717, 1.165) is 16.7 Å². The van der Waals surface area contributed by atoms with Crippen molar-refractivity contribution in [2.45, 2.75) is 26.9 Å². The molecule has 6 nitrogen and oxygen atoms in total.